The van der Waals surface area contributed by atoms with Crippen molar-refractivity contribution in [3.63, 3.8) is 0 Å². The number of amides is 4. The van der Waals surface area contributed by atoms with Gasteiger partial charge in [-0.05, 0) is 97.2 Å². The monoisotopic (exact) mass is 892 g/mol. The van der Waals surface area contributed by atoms with Crippen LogP contribution in [-0.2, 0) is 59.4 Å². The number of nitrogens with zero attached hydrogens (tertiary/aromatic N) is 5. The Labute approximate surface area is 381 Å². The third kappa shape index (κ3) is 10.2. The molecule has 2 saturated heterocycles. The number of ether oxygens (including phenoxy) is 2. The SMILES string of the molecule is CCn1c(-c2cnccc2COC)c2c3cc(ccc31)-c1cc(O)cc(c1)C[C@H](NC(=O)[C@H](C(C)C)N(C)C(=O)CN(C)C(=O)[C@H]1N[C@H]1C)C(=O)N1CCC[C@H](N1)C(=O)OCC(C)(C)C2. The molecule has 2 aromatic heterocycles. The number of aryl methyl sites for hydroxylation is 1. The fourth-order valence-electron chi connectivity index (χ4n) is 9.41. The summed E-state index contributed by atoms with van der Waals surface area (Å²) in [6.45, 7) is 13.0. The molecule has 16 nitrogen and oxygen atoms in total. The average Bonchev–Trinajstić information content (AvgIpc) is 3.93. The molecule has 0 radical (unpaired) electrons. The first kappa shape index (κ1) is 47.1. The lowest BCUT2D eigenvalue weighted by Crippen LogP contribution is -2.62. The van der Waals surface area contributed by atoms with Crippen molar-refractivity contribution in [2.75, 3.05) is 40.9 Å². The molecule has 16 heteroatoms. The topological polar surface area (TPSA) is 198 Å². The van der Waals surface area contributed by atoms with E-state index in [9.17, 15) is 29.1 Å². The number of methoxy groups -OCH3 is 1. The molecule has 5 atom stereocenters. The van der Waals surface area contributed by atoms with Crippen molar-refractivity contribution in [1.29, 1.82) is 0 Å². The first-order chi connectivity index (χ1) is 30.9. The summed E-state index contributed by atoms with van der Waals surface area (Å²) in [5, 5.41) is 19.7. The van der Waals surface area contributed by atoms with E-state index in [0.29, 0.717) is 43.5 Å². The maximum Gasteiger partial charge on any atom is 0.324 e. The normalized spacial score (nSPS) is 21.4. The van der Waals surface area contributed by atoms with Crippen LogP contribution in [0.15, 0.2) is 54.9 Å². The van der Waals surface area contributed by atoms with Crippen molar-refractivity contribution in [1.82, 2.24) is 40.4 Å². The highest BCUT2D eigenvalue weighted by atomic mass is 16.5. The fraction of sp³-hybridized carbons (Fsp3) is 0.510. The van der Waals surface area contributed by atoms with Gasteiger partial charge in [0.1, 0.15) is 29.9 Å². The molecule has 65 heavy (non-hydrogen) atoms. The lowest BCUT2D eigenvalue weighted by Gasteiger charge is -2.37. The minimum absolute atomic E-state index is 0.0176. The number of carbonyl (C=O) groups is 5. The van der Waals surface area contributed by atoms with Crippen LogP contribution < -0.4 is 16.1 Å². The van der Waals surface area contributed by atoms with Gasteiger partial charge >= 0.3 is 5.97 Å². The van der Waals surface area contributed by atoms with Crippen LogP contribution in [0, 0.1) is 11.3 Å². The molecule has 3 aliphatic heterocycles. The van der Waals surface area contributed by atoms with Gasteiger partial charge in [-0.2, -0.15) is 0 Å². The van der Waals surface area contributed by atoms with Crippen molar-refractivity contribution in [3.8, 4) is 28.1 Å². The zero-order valence-electron chi connectivity index (χ0n) is 39.1. The smallest absolute Gasteiger partial charge is 0.324 e. The molecule has 348 valence electrons. The first-order valence-electron chi connectivity index (χ1n) is 22.6. The number of hydrazine groups is 1. The number of benzene rings is 2. The highest BCUT2D eigenvalue weighted by Gasteiger charge is 2.42. The number of aromatic nitrogens is 2. The Hall–Kier alpha value is -5.84. The average molecular weight is 893 g/mol. The molecule has 5 heterocycles. The Balaban J connectivity index is 1.29. The number of nitrogens with one attached hydrogen (secondary N) is 3. The second-order valence-electron chi connectivity index (χ2n) is 19.0. The number of aromatic hydroxyl groups is 1. The molecule has 4 N–H and O–H groups in total. The van der Waals surface area contributed by atoms with Crippen molar-refractivity contribution in [2.24, 2.45) is 11.3 Å². The van der Waals surface area contributed by atoms with Crippen LogP contribution >= 0.6 is 0 Å². The van der Waals surface area contributed by atoms with E-state index in [1.165, 1.54) is 21.9 Å². The molecule has 0 spiro atoms. The number of carbonyl (C=O) groups excluding carboxylic acids is 5. The number of hydrogen-bond acceptors (Lipinski definition) is 11. The molecule has 6 bridgehead atoms. The van der Waals surface area contributed by atoms with Crippen molar-refractivity contribution in [3.05, 3.63) is 71.5 Å². The van der Waals surface area contributed by atoms with Crippen LogP contribution in [0.1, 0.15) is 71.1 Å². The summed E-state index contributed by atoms with van der Waals surface area (Å²) >= 11 is 0. The van der Waals surface area contributed by atoms with E-state index in [-0.39, 0.29) is 55.8 Å². The van der Waals surface area contributed by atoms with Gasteiger partial charge in [0.2, 0.25) is 17.7 Å². The first-order valence-corrected chi connectivity index (χ1v) is 22.6. The Morgan fingerprint density at radius 3 is 2.54 bits per heavy atom. The Bertz CT molecular complexity index is 2470. The van der Waals surface area contributed by atoms with Gasteiger partial charge in [0.05, 0.1) is 25.5 Å². The number of phenols is 1. The summed E-state index contributed by atoms with van der Waals surface area (Å²) in [7, 11) is 4.75. The Kier molecular flexibility index (Phi) is 14.0. The quantitative estimate of drug-likeness (QED) is 0.125. The summed E-state index contributed by atoms with van der Waals surface area (Å²) in [4.78, 5) is 76.6. The number of likely N-dealkylation sites (N-methyl/N-ethyl adjacent to an activating group) is 2. The number of esters is 1. The van der Waals surface area contributed by atoms with Crippen molar-refractivity contribution in [2.45, 2.75) is 111 Å². The van der Waals surface area contributed by atoms with Crippen LogP contribution in [0.4, 0.5) is 0 Å². The zero-order valence-corrected chi connectivity index (χ0v) is 39.1. The van der Waals surface area contributed by atoms with Gasteiger partial charge in [-0.25, -0.2) is 5.43 Å². The maximum atomic E-state index is 14.7. The minimum atomic E-state index is -1.18. The highest BCUT2D eigenvalue weighted by Crippen LogP contribution is 2.41. The molecule has 7 rings (SSSR count). The second-order valence-corrected chi connectivity index (χ2v) is 19.0. The third-order valence-corrected chi connectivity index (χ3v) is 12.9. The number of rotatable bonds is 11. The van der Waals surface area contributed by atoms with Crippen LogP contribution in [-0.4, -0.2) is 130 Å². The predicted molar refractivity (Wildman–Crippen MR) is 246 cm³/mol. The Morgan fingerprint density at radius 2 is 1.85 bits per heavy atom. The molecule has 4 amide bonds. The van der Waals surface area contributed by atoms with Gasteiger partial charge in [-0.15, -0.1) is 0 Å². The predicted octanol–water partition coefficient (Wildman–Crippen LogP) is 4.19. The molecule has 0 unspecified atom stereocenters. The molecule has 0 aliphatic carbocycles. The molecular weight excluding hydrogens is 829 g/mol. The summed E-state index contributed by atoms with van der Waals surface area (Å²) in [6, 6.07) is 10.1. The van der Waals surface area contributed by atoms with Crippen LogP contribution in [0.3, 0.4) is 0 Å². The molecule has 4 aromatic rings. The molecule has 2 fully saturated rings. The molecule has 3 aliphatic rings. The molecule has 0 saturated carbocycles. The summed E-state index contributed by atoms with van der Waals surface area (Å²) < 4.78 is 14.0. The summed E-state index contributed by atoms with van der Waals surface area (Å²) in [6.07, 6.45) is 5.10. The molecule has 2 aromatic carbocycles. The van der Waals surface area contributed by atoms with Crippen molar-refractivity contribution >= 4 is 40.5 Å². The van der Waals surface area contributed by atoms with E-state index in [4.69, 9.17) is 9.47 Å². The molecular formula is C49H64N8O8. The minimum Gasteiger partial charge on any atom is -0.508 e. The summed E-state index contributed by atoms with van der Waals surface area (Å²) in [5.74, 6) is -2.57. The number of fused-ring (bicyclic) bond motifs is 6. The largest absolute Gasteiger partial charge is 0.508 e. The standard InChI is InChI=1S/C49H64N8O8/c1-10-56-40-14-13-31-22-35(40)36(44(56)37-24-50-16-15-32(37)26-64-9)23-49(5,6)27-65-48(63)38-12-11-17-57(53-38)46(61)39(20-30-18-33(31)21-34(58)19-30)52-45(60)43(28(2)3)55(8)41(59)25-54(7)47(62)42-29(4)51-42/h13-16,18-19,21-22,24,28-29,38-39,42-43,51,53,58H,10-12,17,20,23,25-27H2,1-9H3,(H,52,60)/t29-,38-,39-,42-,43-/m0/s1. The van der Waals surface area contributed by atoms with Crippen molar-refractivity contribution < 1.29 is 38.6 Å². The lowest BCUT2D eigenvalue weighted by atomic mass is 9.84. The highest BCUT2D eigenvalue weighted by molar-refractivity contribution is 5.96. The van der Waals surface area contributed by atoms with Gasteiger partial charge in [-0.3, -0.25) is 39.3 Å². The van der Waals surface area contributed by atoms with E-state index < -0.39 is 47.2 Å². The van der Waals surface area contributed by atoms with Gasteiger partial charge in [0, 0.05) is 81.0 Å². The fourth-order valence-corrected chi connectivity index (χ4v) is 9.41. The summed E-state index contributed by atoms with van der Waals surface area (Å²) in [5.41, 5.74) is 9.68. The number of cyclic esters (lactones) is 1. The van der Waals surface area contributed by atoms with E-state index in [1.807, 2.05) is 45.2 Å². The maximum absolute atomic E-state index is 14.7. The van der Waals surface area contributed by atoms with E-state index in [1.54, 1.807) is 32.5 Å². The number of pyridine rings is 1. The van der Waals surface area contributed by atoms with Gasteiger partial charge in [0.25, 0.3) is 5.91 Å². The van der Waals surface area contributed by atoms with Gasteiger partial charge < -0.3 is 34.3 Å². The van der Waals surface area contributed by atoms with Gasteiger partial charge in [0.15, 0.2) is 0 Å². The number of phenolic OH excluding ortho intramolecular Hbond substituents is 1. The van der Waals surface area contributed by atoms with E-state index in [0.717, 1.165) is 38.9 Å². The lowest BCUT2D eigenvalue weighted by molar-refractivity contribution is -0.155. The second kappa shape index (κ2) is 19.3. The van der Waals surface area contributed by atoms with E-state index in [2.05, 4.69) is 58.5 Å². The van der Waals surface area contributed by atoms with Crippen LogP contribution in [0.5, 0.6) is 5.75 Å². The van der Waals surface area contributed by atoms with Gasteiger partial charge in [-0.1, -0.05) is 39.8 Å². The third-order valence-electron chi connectivity index (χ3n) is 12.9. The van der Waals surface area contributed by atoms with Crippen LogP contribution in [0.2, 0.25) is 0 Å². The zero-order chi connectivity index (χ0) is 46.9. The van der Waals surface area contributed by atoms with Crippen LogP contribution in [0.25, 0.3) is 33.3 Å². The Morgan fingerprint density at radius 1 is 1.09 bits per heavy atom. The number of hydrogen-bond donors (Lipinski definition) is 4. The van der Waals surface area contributed by atoms with E-state index >= 15 is 0 Å².